The van der Waals surface area contributed by atoms with Crippen LogP contribution in [0.25, 0.3) is 0 Å². The summed E-state index contributed by atoms with van der Waals surface area (Å²) in [5.41, 5.74) is 6.07. The van der Waals surface area contributed by atoms with Gasteiger partial charge in [0.05, 0.1) is 0 Å². The van der Waals surface area contributed by atoms with Gasteiger partial charge in [-0.15, -0.1) is 0 Å². The molecule has 5 heteroatoms. The molecule has 0 saturated carbocycles. The predicted octanol–water partition coefficient (Wildman–Crippen LogP) is 0.528. The molecule has 0 heterocycles. The van der Waals surface area contributed by atoms with E-state index in [1.165, 1.54) is 0 Å². The van der Waals surface area contributed by atoms with E-state index in [1.54, 1.807) is 18.2 Å². The molecule has 1 rings (SSSR count). The molecule has 4 nitrogen and oxygen atoms in total. The number of rotatable bonds is 3. The van der Waals surface area contributed by atoms with Crippen molar-refractivity contribution in [2.45, 2.75) is 19.1 Å². The Hall–Kier alpha value is -1.10. The molecule has 0 aliphatic rings. The topological polar surface area (TPSA) is 83.6 Å². The molecule has 0 aromatic heterocycles. The molecule has 15 heavy (non-hydrogen) atoms. The molecule has 0 aliphatic heterocycles. The summed E-state index contributed by atoms with van der Waals surface area (Å²) in [5, 5.41) is 19.1. The second kappa shape index (κ2) is 4.61. The van der Waals surface area contributed by atoms with Crippen molar-refractivity contribution in [3.05, 3.63) is 34.3 Å². The zero-order chi connectivity index (χ0) is 11.6. The van der Waals surface area contributed by atoms with Gasteiger partial charge < -0.3 is 15.9 Å². The average molecular weight is 230 g/mol. The molecule has 1 aromatic rings. The van der Waals surface area contributed by atoms with Crippen LogP contribution in [0.15, 0.2) is 18.2 Å². The lowest BCUT2D eigenvalue weighted by Gasteiger charge is -2.16. The molecule has 0 saturated heterocycles. The van der Waals surface area contributed by atoms with E-state index in [-0.39, 0.29) is 5.56 Å². The van der Waals surface area contributed by atoms with Gasteiger partial charge in [0, 0.05) is 10.6 Å². The number of carbonyl (C=O) groups is 1. The van der Waals surface area contributed by atoms with Gasteiger partial charge in [0.25, 0.3) is 0 Å². The van der Waals surface area contributed by atoms with E-state index in [0.717, 1.165) is 5.56 Å². The number of primary amides is 1. The zero-order valence-corrected chi connectivity index (χ0v) is 8.90. The number of nitrogens with two attached hydrogens (primary N) is 1. The van der Waals surface area contributed by atoms with Crippen LogP contribution >= 0.6 is 11.6 Å². The minimum atomic E-state index is -1.65. The Bertz CT molecular complexity index is 381. The minimum Gasteiger partial charge on any atom is -0.385 e. The molecule has 2 unspecified atom stereocenters. The molecule has 4 N–H and O–H groups in total. The fourth-order valence-corrected chi connectivity index (χ4v) is 1.54. The van der Waals surface area contributed by atoms with Gasteiger partial charge in [-0.3, -0.25) is 4.79 Å². The number of halogens is 1. The maximum Gasteiger partial charge on any atom is 0.249 e. The summed E-state index contributed by atoms with van der Waals surface area (Å²) in [6.45, 7) is 1.84. The number of aliphatic hydroxyl groups excluding tert-OH is 2. The Balaban J connectivity index is 3.01. The van der Waals surface area contributed by atoms with Crippen molar-refractivity contribution in [2.75, 3.05) is 0 Å². The first-order valence-electron chi connectivity index (χ1n) is 4.35. The minimum absolute atomic E-state index is 0.286. The Morgan fingerprint density at radius 1 is 1.47 bits per heavy atom. The number of amides is 1. The standard InChI is InChI=1S/C10H12ClNO3/c1-5-2-3-6(7(11)4-5)8(13)9(14)10(12)15/h2-4,8-9,13-14H,1H3,(H2,12,15). The monoisotopic (exact) mass is 229 g/mol. The van der Waals surface area contributed by atoms with Gasteiger partial charge in [-0.1, -0.05) is 23.7 Å². The molecule has 2 atom stereocenters. The van der Waals surface area contributed by atoms with Crippen LogP contribution < -0.4 is 5.73 Å². The number of carbonyl (C=O) groups excluding carboxylic acids is 1. The molecule has 0 spiro atoms. The summed E-state index contributed by atoms with van der Waals surface area (Å²) in [7, 11) is 0. The highest BCUT2D eigenvalue weighted by Crippen LogP contribution is 2.26. The Kier molecular flexibility index (Phi) is 3.68. The molecule has 0 radical (unpaired) electrons. The summed E-state index contributed by atoms with van der Waals surface area (Å²) >= 11 is 5.85. The van der Waals surface area contributed by atoms with Gasteiger partial charge in [0.1, 0.15) is 6.10 Å². The quantitative estimate of drug-likeness (QED) is 0.707. The molecular weight excluding hydrogens is 218 g/mol. The molecule has 0 aliphatic carbocycles. The van der Waals surface area contributed by atoms with Crippen LogP contribution in [-0.2, 0) is 4.79 Å². The van der Waals surface area contributed by atoms with Gasteiger partial charge in [-0.05, 0) is 18.6 Å². The van der Waals surface area contributed by atoms with Gasteiger partial charge in [-0.25, -0.2) is 0 Å². The van der Waals surface area contributed by atoms with E-state index in [9.17, 15) is 15.0 Å². The molecule has 1 amide bonds. The molecule has 0 fully saturated rings. The van der Waals surface area contributed by atoms with Crippen LogP contribution in [0.5, 0.6) is 0 Å². The van der Waals surface area contributed by atoms with E-state index in [0.29, 0.717) is 5.02 Å². The van der Waals surface area contributed by atoms with Crippen molar-refractivity contribution in [1.82, 2.24) is 0 Å². The van der Waals surface area contributed by atoms with E-state index in [2.05, 4.69) is 0 Å². The summed E-state index contributed by atoms with van der Waals surface area (Å²) in [4.78, 5) is 10.7. The normalized spacial score (nSPS) is 14.7. The molecule has 1 aromatic carbocycles. The van der Waals surface area contributed by atoms with Crippen molar-refractivity contribution < 1.29 is 15.0 Å². The van der Waals surface area contributed by atoms with Crippen LogP contribution in [0.3, 0.4) is 0 Å². The summed E-state index contributed by atoms with van der Waals surface area (Å²) in [6.07, 6.45) is -3.04. The SMILES string of the molecule is Cc1ccc(C(O)C(O)C(N)=O)c(Cl)c1. The van der Waals surface area contributed by atoms with E-state index < -0.39 is 18.1 Å². The third-order valence-corrected chi connectivity index (χ3v) is 2.39. The molecule has 82 valence electrons. The lowest BCUT2D eigenvalue weighted by Crippen LogP contribution is -2.33. The fourth-order valence-electron chi connectivity index (χ4n) is 1.20. The zero-order valence-electron chi connectivity index (χ0n) is 8.14. The Morgan fingerprint density at radius 3 is 2.53 bits per heavy atom. The van der Waals surface area contributed by atoms with Crippen LogP contribution in [0.1, 0.15) is 17.2 Å². The molecular formula is C10H12ClNO3. The van der Waals surface area contributed by atoms with Crippen molar-refractivity contribution >= 4 is 17.5 Å². The first-order chi connectivity index (χ1) is 6.93. The average Bonchev–Trinajstić information content (AvgIpc) is 2.15. The summed E-state index contributed by atoms with van der Waals surface area (Å²) < 4.78 is 0. The fraction of sp³-hybridized carbons (Fsp3) is 0.300. The van der Waals surface area contributed by atoms with Crippen molar-refractivity contribution in [3.63, 3.8) is 0 Å². The number of hydrogen-bond donors (Lipinski definition) is 3. The maximum absolute atomic E-state index is 10.7. The first-order valence-corrected chi connectivity index (χ1v) is 4.72. The number of aliphatic hydroxyl groups is 2. The third kappa shape index (κ3) is 2.68. The number of hydrogen-bond acceptors (Lipinski definition) is 3. The smallest absolute Gasteiger partial charge is 0.249 e. The largest absolute Gasteiger partial charge is 0.385 e. The van der Waals surface area contributed by atoms with Crippen LogP contribution in [-0.4, -0.2) is 22.2 Å². The van der Waals surface area contributed by atoms with Gasteiger partial charge in [0.2, 0.25) is 5.91 Å². The number of benzene rings is 1. The van der Waals surface area contributed by atoms with Crippen molar-refractivity contribution in [1.29, 1.82) is 0 Å². The summed E-state index contributed by atoms with van der Waals surface area (Å²) in [5.74, 6) is -0.987. The van der Waals surface area contributed by atoms with E-state index in [4.69, 9.17) is 17.3 Å². The van der Waals surface area contributed by atoms with E-state index >= 15 is 0 Å². The second-order valence-corrected chi connectivity index (χ2v) is 3.72. The molecule has 0 bridgehead atoms. The Morgan fingerprint density at radius 2 is 2.07 bits per heavy atom. The van der Waals surface area contributed by atoms with Crippen molar-refractivity contribution in [3.8, 4) is 0 Å². The first kappa shape index (κ1) is 12.0. The van der Waals surface area contributed by atoms with E-state index in [1.807, 2.05) is 6.92 Å². The maximum atomic E-state index is 10.7. The highest BCUT2D eigenvalue weighted by molar-refractivity contribution is 6.31. The second-order valence-electron chi connectivity index (χ2n) is 3.32. The van der Waals surface area contributed by atoms with Gasteiger partial charge in [0.15, 0.2) is 6.10 Å². The van der Waals surface area contributed by atoms with Crippen LogP contribution in [0.2, 0.25) is 5.02 Å². The lowest BCUT2D eigenvalue weighted by atomic mass is 10.0. The van der Waals surface area contributed by atoms with Crippen LogP contribution in [0, 0.1) is 6.92 Å². The lowest BCUT2D eigenvalue weighted by molar-refractivity contribution is -0.131. The van der Waals surface area contributed by atoms with Crippen molar-refractivity contribution in [2.24, 2.45) is 5.73 Å². The highest BCUT2D eigenvalue weighted by atomic mass is 35.5. The Labute approximate surface area is 92.3 Å². The van der Waals surface area contributed by atoms with Gasteiger partial charge in [-0.2, -0.15) is 0 Å². The predicted molar refractivity (Wildman–Crippen MR) is 56.4 cm³/mol. The van der Waals surface area contributed by atoms with Gasteiger partial charge >= 0.3 is 0 Å². The number of aryl methyl sites for hydroxylation is 1. The third-order valence-electron chi connectivity index (χ3n) is 2.07. The highest BCUT2D eigenvalue weighted by Gasteiger charge is 2.24. The summed E-state index contributed by atoms with van der Waals surface area (Å²) in [6, 6.07) is 4.90. The van der Waals surface area contributed by atoms with Crippen LogP contribution in [0.4, 0.5) is 0 Å².